The largest absolute Gasteiger partial charge is 0.480 e. The highest BCUT2D eigenvalue weighted by Crippen LogP contribution is 2.26. The van der Waals surface area contributed by atoms with E-state index in [1.165, 1.54) is 18.2 Å². The number of aromatic nitrogens is 2. The fourth-order valence-electron chi connectivity index (χ4n) is 2.48. The van der Waals surface area contributed by atoms with Crippen LogP contribution in [0, 0.1) is 5.82 Å². The van der Waals surface area contributed by atoms with Crippen LogP contribution in [-0.4, -0.2) is 27.3 Å². The summed E-state index contributed by atoms with van der Waals surface area (Å²) >= 11 is 3.20. The summed E-state index contributed by atoms with van der Waals surface area (Å²) in [5, 5.41) is 2.72. The van der Waals surface area contributed by atoms with Gasteiger partial charge < -0.3 is 14.6 Å². The summed E-state index contributed by atoms with van der Waals surface area (Å²) in [6.45, 7) is 1.59. The second kappa shape index (κ2) is 8.35. The van der Waals surface area contributed by atoms with Crippen molar-refractivity contribution in [1.82, 2.24) is 9.55 Å². The minimum Gasteiger partial charge on any atom is -0.480 e. The van der Waals surface area contributed by atoms with Crippen molar-refractivity contribution < 1.29 is 18.7 Å². The van der Waals surface area contributed by atoms with Crippen LogP contribution in [0.1, 0.15) is 23.1 Å². The van der Waals surface area contributed by atoms with Crippen molar-refractivity contribution in [2.45, 2.75) is 13.0 Å². The smallest absolute Gasteiger partial charge is 0.265 e. The van der Waals surface area contributed by atoms with Crippen molar-refractivity contribution in [1.29, 1.82) is 0 Å². The second-order valence-corrected chi connectivity index (χ2v) is 6.95. The molecule has 3 aromatic rings. The lowest BCUT2D eigenvalue weighted by Gasteiger charge is -2.16. The molecule has 1 atom stereocenters. The lowest BCUT2D eigenvalue weighted by atomic mass is 10.1. The van der Waals surface area contributed by atoms with Crippen LogP contribution in [-0.2, 0) is 11.8 Å². The molecule has 1 unspecified atom stereocenters. The number of carbonyl (C=O) groups is 2. The summed E-state index contributed by atoms with van der Waals surface area (Å²) in [5.41, 5.74) is 0.988. The molecule has 3 rings (SSSR count). The highest BCUT2D eigenvalue weighted by Gasteiger charge is 2.17. The van der Waals surface area contributed by atoms with Gasteiger partial charge >= 0.3 is 0 Å². The zero-order valence-electron chi connectivity index (χ0n) is 15.1. The molecular formula is C20H17BrFN3O3. The van der Waals surface area contributed by atoms with Crippen LogP contribution in [0.15, 0.2) is 59.3 Å². The summed E-state index contributed by atoms with van der Waals surface area (Å²) < 4.78 is 20.8. The van der Waals surface area contributed by atoms with E-state index in [-0.39, 0.29) is 11.7 Å². The van der Waals surface area contributed by atoms with E-state index in [2.05, 4.69) is 26.2 Å². The van der Waals surface area contributed by atoms with Crippen LogP contribution in [0.4, 0.5) is 10.1 Å². The number of aryl methyl sites for hydroxylation is 1. The number of benzene rings is 2. The van der Waals surface area contributed by atoms with E-state index in [9.17, 15) is 14.0 Å². The third kappa shape index (κ3) is 4.45. The molecule has 0 saturated carbocycles. The summed E-state index contributed by atoms with van der Waals surface area (Å²) in [7, 11) is 1.75. The molecule has 28 heavy (non-hydrogen) atoms. The van der Waals surface area contributed by atoms with Gasteiger partial charge in [-0.2, -0.15) is 0 Å². The molecule has 0 spiro atoms. The zero-order chi connectivity index (χ0) is 20.3. The van der Waals surface area contributed by atoms with Crippen LogP contribution in [0.5, 0.6) is 5.75 Å². The van der Waals surface area contributed by atoms with Crippen LogP contribution >= 0.6 is 15.9 Å². The van der Waals surface area contributed by atoms with Crippen molar-refractivity contribution in [2.24, 2.45) is 7.05 Å². The fourth-order valence-corrected chi connectivity index (χ4v) is 2.92. The predicted molar refractivity (Wildman–Crippen MR) is 106 cm³/mol. The quantitative estimate of drug-likeness (QED) is 0.582. The molecule has 0 aliphatic carbocycles. The third-order valence-corrected chi connectivity index (χ3v) is 4.63. The van der Waals surface area contributed by atoms with E-state index < -0.39 is 11.9 Å². The standard InChI is InChI=1S/C20H17BrFN3O3/c1-12(28-17-8-5-14(22)11-16(17)21)20(27)24-15-6-3-13(4-7-15)18(26)19-23-9-10-25(19)2/h3-12H,1-2H3,(H,24,27). The number of rotatable bonds is 6. The fraction of sp³-hybridized carbons (Fsp3) is 0.150. The van der Waals surface area contributed by atoms with Crippen LogP contribution < -0.4 is 10.1 Å². The first-order chi connectivity index (χ1) is 13.3. The van der Waals surface area contributed by atoms with Gasteiger partial charge in [-0.3, -0.25) is 9.59 Å². The highest BCUT2D eigenvalue weighted by molar-refractivity contribution is 9.10. The van der Waals surface area contributed by atoms with Gasteiger partial charge in [-0.25, -0.2) is 9.37 Å². The Morgan fingerprint density at radius 1 is 1.21 bits per heavy atom. The maximum atomic E-state index is 13.1. The predicted octanol–water partition coefficient (Wildman–Crippen LogP) is 3.96. The Kier molecular flexibility index (Phi) is 5.89. The Labute approximate surface area is 169 Å². The summed E-state index contributed by atoms with van der Waals surface area (Å²) in [6, 6.07) is 10.5. The number of carbonyl (C=O) groups excluding carboxylic acids is 2. The first-order valence-corrected chi connectivity index (χ1v) is 9.19. The molecule has 0 aliphatic heterocycles. The molecule has 0 saturated heterocycles. The number of nitrogens with one attached hydrogen (secondary N) is 1. The SMILES string of the molecule is CC(Oc1ccc(F)cc1Br)C(=O)Nc1ccc(C(=O)c2nccn2C)cc1. The molecule has 1 N–H and O–H groups in total. The Bertz CT molecular complexity index is 1020. The van der Waals surface area contributed by atoms with Crippen molar-refractivity contribution in [2.75, 3.05) is 5.32 Å². The number of anilines is 1. The van der Waals surface area contributed by atoms with Gasteiger partial charge in [-0.05, 0) is 65.3 Å². The first-order valence-electron chi connectivity index (χ1n) is 8.40. The van der Waals surface area contributed by atoms with Crippen LogP contribution in [0.25, 0.3) is 0 Å². The van der Waals surface area contributed by atoms with E-state index in [1.54, 1.807) is 55.2 Å². The van der Waals surface area contributed by atoms with E-state index >= 15 is 0 Å². The van der Waals surface area contributed by atoms with E-state index in [4.69, 9.17) is 4.74 Å². The third-order valence-electron chi connectivity index (χ3n) is 4.01. The summed E-state index contributed by atoms with van der Waals surface area (Å²) in [5.74, 6) is -0.289. The molecular weight excluding hydrogens is 429 g/mol. The van der Waals surface area contributed by atoms with Gasteiger partial charge in [0, 0.05) is 30.7 Å². The van der Waals surface area contributed by atoms with Gasteiger partial charge in [0.15, 0.2) is 11.9 Å². The Morgan fingerprint density at radius 3 is 2.54 bits per heavy atom. The summed E-state index contributed by atoms with van der Waals surface area (Å²) in [6.07, 6.45) is 2.45. The number of imidazole rings is 1. The van der Waals surface area contributed by atoms with Crippen molar-refractivity contribution in [3.63, 3.8) is 0 Å². The molecule has 0 aliphatic rings. The number of hydrogen-bond acceptors (Lipinski definition) is 4. The Balaban J connectivity index is 1.64. The Hall–Kier alpha value is -3.00. The first kappa shape index (κ1) is 19.8. The van der Waals surface area contributed by atoms with Crippen LogP contribution in [0.2, 0.25) is 0 Å². The molecule has 8 heteroatoms. The molecule has 0 fully saturated rings. The van der Waals surface area contributed by atoms with Crippen LogP contribution in [0.3, 0.4) is 0 Å². The minimum atomic E-state index is -0.810. The summed E-state index contributed by atoms with van der Waals surface area (Å²) in [4.78, 5) is 28.8. The maximum absolute atomic E-state index is 13.1. The van der Waals surface area contributed by atoms with Gasteiger partial charge in [0.2, 0.25) is 5.78 Å². The van der Waals surface area contributed by atoms with Crippen molar-refractivity contribution in [3.8, 4) is 5.75 Å². The average molecular weight is 446 g/mol. The molecule has 6 nitrogen and oxygen atoms in total. The second-order valence-electron chi connectivity index (χ2n) is 6.09. The minimum absolute atomic E-state index is 0.205. The van der Waals surface area contributed by atoms with Gasteiger partial charge in [-0.1, -0.05) is 0 Å². The Morgan fingerprint density at radius 2 is 1.93 bits per heavy atom. The molecule has 0 radical (unpaired) electrons. The van der Waals surface area contributed by atoms with Crippen molar-refractivity contribution in [3.05, 3.63) is 76.5 Å². The number of hydrogen-bond donors (Lipinski definition) is 1. The topological polar surface area (TPSA) is 73.2 Å². The monoisotopic (exact) mass is 445 g/mol. The van der Waals surface area contributed by atoms with Crippen molar-refractivity contribution >= 4 is 33.3 Å². The number of ether oxygens (including phenoxy) is 1. The number of ketones is 1. The normalized spacial score (nSPS) is 11.7. The van der Waals surface area contributed by atoms with Gasteiger partial charge in [0.05, 0.1) is 4.47 Å². The lowest BCUT2D eigenvalue weighted by Crippen LogP contribution is -2.30. The molecule has 1 heterocycles. The van der Waals surface area contributed by atoms with Gasteiger partial charge in [-0.15, -0.1) is 0 Å². The molecule has 144 valence electrons. The molecule has 1 aromatic heterocycles. The van der Waals surface area contributed by atoms with Gasteiger partial charge in [0.1, 0.15) is 11.6 Å². The number of amides is 1. The molecule has 0 bridgehead atoms. The van der Waals surface area contributed by atoms with E-state index in [1.807, 2.05) is 0 Å². The molecule has 1 amide bonds. The number of halogens is 2. The van der Waals surface area contributed by atoms with Gasteiger partial charge in [0.25, 0.3) is 5.91 Å². The number of nitrogens with zero attached hydrogens (tertiary/aromatic N) is 2. The zero-order valence-corrected chi connectivity index (χ0v) is 16.7. The maximum Gasteiger partial charge on any atom is 0.265 e. The molecule has 2 aromatic carbocycles. The van der Waals surface area contributed by atoms with E-state index in [0.717, 1.165) is 0 Å². The lowest BCUT2D eigenvalue weighted by molar-refractivity contribution is -0.122. The van der Waals surface area contributed by atoms with E-state index in [0.29, 0.717) is 27.3 Å². The average Bonchev–Trinajstić information content (AvgIpc) is 3.10. The highest BCUT2D eigenvalue weighted by atomic mass is 79.9.